The molecule has 6 heteroatoms. The van der Waals surface area contributed by atoms with E-state index in [1.54, 1.807) is 13.8 Å². The molecule has 110 valence electrons. The Kier molecular flexibility index (Phi) is 5.83. The van der Waals surface area contributed by atoms with Crippen LogP contribution < -0.4 is 9.47 Å². The molecule has 0 radical (unpaired) electrons. The van der Waals surface area contributed by atoms with Crippen LogP contribution in [0.15, 0.2) is 12.1 Å². The zero-order chi connectivity index (χ0) is 15.1. The summed E-state index contributed by atoms with van der Waals surface area (Å²) in [4.78, 5) is 24.0. The number of rotatable bonds is 6. The van der Waals surface area contributed by atoms with Crippen molar-refractivity contribution in [3.8, 4) is 11.5 Å². The van der Waals surface area contributed by atoms with Gasteiger partial charge in [0.15, 0.2) is 11.5 Å². The average Bonchev–Trinajstić information content (AvgIpc) is 2.45. The molecule has 0 saturated heterocycles. The monoisotopic (exact) mass is 282 g/mol. The molecule has 0 aliphatic carbocycles. The van der Waals surface area contributed by atoms with Crippen LogP contribution in [-0.2, 0) is 9.47 Å². The van der Waals surface area contributed by atoms with E-state index in [0.29, 0.717) is 5.75 Å². The lowest BCUT2D eigenvalue weighted by molar-refractivity contribution is 0.0475. The van der Waals surface area contributed by atoms with Gasteiger partial charge in [-0.15, -0.1) is 0 Å². The molecule has 0 aromatic heterocycles. The summed E-state index contributed by atoms with van der Waals surface area (Å²) >= 11 is 0. The average molecular weight is 282 g/mol. The number of benzene rings is 1. The van der Waals surface area contributed by atoms with Crippen molar-refractivity contribution >= 4 is 11.9 Å². The van der Waals surface area contributed by atoms with E-state index in [-0.39, 0.29) is 30.1 Å². The van der Waals surface area contributed by atoms with E-state index in [1.807, 2.05) is 0 Å². The second kappa shape index (κ2) is 7.37. The van der Waals surface area contributed by atoms with Gasteiger partial charge >= 0.3 is 11.9 Å². The number of hydrogen-bond donors (Lipinski definition) is 0. The predicted molar refractivity (Wildman–Crippen MR) is 71.5 cm³/mol. The lowest BCUT2D eigenvalue weighted by atomic mass is 10.1. The number of esters is 2. The summed E-state index contributed by atoms with van der Waals surface area (Å²) in [7, 11) is 2.83. The molecule has 0 fully saturated rings. The Morgan fingerprint density at radius 2 is 1.55 bits per heavy atom. The number of methoxy groups -OCH3 is 2. The SMILES string of the molecule is CCOC(=O)c1ccc(OC)c(OC)c1C(=O)OCC. The number of hydrogen-bond acceptors (Lipinski definition) is 6. The quantitative estimate of drug-likeness (QED) is 0.744. The van der Waals surface area contributed by atoms with E-state index in [9.17, 15) is 9.59 Å². The summed E-state index contributed by atoms with van der Waals surface area (Å²) in [6.07, 6.45) is 0. The van der Waals surface area contributed by atoms with Crippen molar-refractivity contribution in [2.75, 3.05) is 27.4 Å². The molecule has 1 aromatic carbocycles. The lowest BCUT2D eigenvalue weighted by Gasteiger charge is -2.15. The van der Waals surface area contributed by atoms with Crippen molar-refractivity contribution in [2.24, 2.45) is 0 Å². The van der Waals surface area contributed by atoms with Crippen molar-refractivity contribution in [3.05, 3.63) is 23.3 Å². The second-order valence-electron chi connectivity index (χ2n) is 3.66. The Morgan fingerprint density at radius 1 is 0.950 bits per heavy atom. The van der Waals surface area contributed by atoms with E-state index in [4.69, 9.17) is 18.9 Å². The number of ether oxygens (including phenoxy) is 4. The van der Waals surface area contributed by atoms with Crippen molar-refractivity contribution < 1.29 is 28.5 Å². The van der Waals surface area contributed by atoms with Gasteiger partial charge in [0.25, 0.3) is 0 Å². The molecular formula is C14H18O6. The van der Waals surface area contributed by atoms with Gasteiger partial charge in [-0.1, -0.05) is 0 Å². The maximum Gasteiger partial charge on any atom is 0.342 e. The van der Waals surface area contributed by atoms with Crippen molar-refractivity contribution in [2.45, 2.75) is 13.8 Å². The summed E-state index contributed by atoms with van der Waals surface area (Å²) in [5, 5.41) is 0. The molecule has 0 aliphatic rings. The minimum absolute atomic E-state index is 0.00662. The molecule has 0 bridgehead atoms. The van der Waals surface area contributed by atoms with E-state index in [0.717, 1.165) is 0 Å². The van der Waals surface area contributed by atoms with Gasteiger partial charge in [0.05, 0.1) is 33.0 Å². The molecule has 0 heterocycles. The molecule has 0 N–H and O–H groups in total. The van der Waals surface area contributed by atoms with Crippen LogP contribution in [0.4, 0.5) is 0 Å². The summed E-state index contributed by atoms with van der Waals surface area (Å²) in [6.45, 7) is 3.74. The molecule has 1 aromatic rings. The molecule has 20 heavy (non-hydrogen) atoms. The summed E-state index contributed by atoms with van der Waals surface area (Å²) in [5.74, 6) is -0.789. The fraction of sp³-hybridized carbons (Fsp3) is 0.429. The van der Waals surface area contributed by atoms with Crippen LogP contribution in [0.25, 0.3) is 0 Å². The highest BCUT2D eigenvalue weighted by Gasteiger charge is 2.26. The molecule has 0 atom stereocenters. The third kappa shape index (κ3) is 3.20. The molecule has 6 nitrogen and oxygen atoms in total. The number of carbonyl (C=O) groups excluding carboxylic acids is 2. The van der Waals surface area contributed by atoms with Crippen LogP contribution in [0.2, 0.25) is 0 Å². The first-order valence-electron chi connectivity index (χ1n) is 6.19. The normalized spacial score (nSPS) is 9.80. The maximum absolute atomic E-state index is 12.1. The van der Waals surface area contributed by atoms with E-state index in [1.165, 1.54) is 26.4 Å². The highest BCUT2D eigenvalue weighted by molar-refractivity contribution is 6.05. The van der Waals surface area contributed by atoms with E-state index in [2.05, 4.69) is 0 Å². The zero-order valence-electron chi connectivity index (χ0n) is 12.0. The largest absolute Gasteiger partial charge is 0.493 e. The fourth-order valence-corrected chi connectivity index (χ4v) is 1.71. The molecule has 0 aliphatic heterocycles. The lowest BCUT2D eigenvalue weighted by Crippen LogP contribution is -2.16. The molecule has 0 amide bonds. The highest BCUT2D eigenvalue weighted by atomic mass is 16.5. The Labute approximate surface area is 117 Å². The van der Waals surface area contributed by atoms with Crippen LogP contribution in [0.5, 0.6) is 11.5 Å². The van der Waals surface area contributed by atoms with Gasteiger partial charge in [0.2, 0.25) is 0 Å². The van der Waals surface area contributed by atoms with Gasteiger partial charge in [0.1, 0.15) is 5.56 Å². The molecule has 0 saturated carbocycles. The van der Waals surface area contributed by atoms with Crippen LogP contribution in [-0.4, -0.2) is 39.4 Å². The van der Waals surface area contributed by atoms with Crippen molar-refractivity contribution in [1.29, 1.82) is 0 Å². The topological polar surface area (TPSA) is 71.1 Å². The van der Waals surface area contributed by atoms with Gasteiger partial charge in [-0.2, -0.15) is 0 Å². The third-order valence-electron chi connectivity index (χ3n) is 2.52. The van der Waals surface area contributed by atoms with Gasteiger partial charge in [-0.3, -0.25) is 0 Å². The van der Waals surface area contributed by atoms with Crippen molar-refractivity contribution in [3.63, 3.8) is 0 Å². The second-order valence-corrected chi connectivity index (χ2v) is 3.66. The summed E-state index contributed by atoms with van der Waals surface area (Å²) in [6, 6.07) is 2.99. The van der Waals surface area contributed by atoms with Crippen LogP contribution in [0, 0.1) is 0 Å². The Morgan fingerprint density at radius 3 is 2.05 bits per heavy atom. The van der Waals surface area contributed by atoms with E-state index < -0.39 is 11.9 Å². The maximum atomic E-state index is 12.1. The molecule has 1 rings (SSSR count). The predicted octanol–water partition coefficient (Wildman–Crippen LogP) is 2.06. The third-order valence-corrected chi connectivity index (χ3v) is 2.52. The minimum Gasteiger partial charge on any atom is -0.493 e. The zero-order valence-corrected chi connectivity index (χ0v) is 12.0. The Hall–Kier alpha value is -2.24. The first-order chi connectivity index (χ1) is 9.60. The first-order valence-corrected chi connectivity index (χ1v) is 6.19. The van der Waals surface area contributed by atoms with Gasteiger partial charge in [-0.05, 0) is 26.0 Å². The smallest absolute Gasteiger partial charge is 0.342 e. The van der Waals surface area contributed by atoms with Gasteiger partial charge in [0, 0.05) is 0 Å². The minimum atomic E-state index is -0.661. The molecule has 0 spiro atoms. The standard InChI is InChI=1S/C14H18O6/c1-5-19-13(15)9-7-8-10(17-3)12(18-4)11(9)14(16)20-6-2/h7-8H,5-6H2,1-4H3. The van der Waals surface area contributed by atoms with Crippen LogP contribution in [0.3, 0.4) is 0 Å². The highest BCUT2D eigenvalue weighted by Crippen LogP contribution is 2.34. The Balaban J connectivity index is 3.43. The molecular weight excluding hydrogens is 264 g/mol. The molecule has 0 unspecified atom stereocenters. The van der Waals surface area contributed by atoms with Crippen LogP contribution >= 0.6 is 0 Å². The van der Waals surface area contributed by atoms with Crippen molar-refractivity contribution in [1.82, 2.24) is 0 Å². The van der Waals surface area contributed by atoms with E-state index >= 15 is 0 Å². The number of carbonyl (C=O) groups is 2. The van der Waals surface area contributed by atoms with Crippen LogP contribution in [0.1, 0.15) is 34.6 Å². The van der Waals surface area contributed by atoms with Gasteiger partial charge < -0.3 is 18.9 Å². The fourth-order valence-electron chi connectivity index (χ4n) is 1.71. The van der Waals surface area contributed by atoms with Gasteiger partial charge in [-0.25, -0.2) is 9.59 Å². The summed E-state index contributed by atoms with van der Waals surface area (Å²) in [5.41, 5.74) is 0.0927. The Bertz CT molecular complexity index is 495. The summed E-state index contributed by atoms with van der Waals surface area (Å²) < 4.78 is 20.2. The first kappa shape index (κ1) is 15.8.